The van der Waals surface area contributed by atoms with Gasteiger partial charge in [0.1, 0.15) is 0 Å². The number of ether oxygens (including phenoxy) is 1. The second-order valence-electron chi connectivity index (χ2n) is 4.95. The Morgan fingerprint density at radius 2 is 2.25 bits per heavy atom. The summed E-state index contributed by atoms with van der Waals surface area (Å²) in [4.78, 5) is 0. The molecule has 2 atom stereocenters. The number of nitrogens with one attached hydrogen (secondary N) is 1. The van der Waals surface area contributed by atoms with Crippen LogP contribution in [0.5, 0.6) is 0 Å². The summed E-state index contributed by atoms with van der Waals surface area (Å²) < 4.78 is 5.39. The summed E-state index contributed by atoms with van der Waals surface area (Å²) in [5.41, 5.74) is 1.36. The molecule has 0 radical (unpaired) electrons. The number of hydrogen-bond donors (Lipinski definition) is 2. The molecule has 1 aliphatic heterocycles. The molecule has 1 saturated carbocycles. The van der Waals surface area contributed by atoms with Crippen molar-refractivity contribution in [3.8, 4) is 0 Å². The van der Waals surface area contributed by atoms with Gasteiger partial charge in [-0.25, -0.2) is 0 Å². The third kappa shape index (κ3) is 3.58. The normalized spacial score (nSPS) is 31.2. The molecule has 0 aromatic carbocycles. The lowest BCUT2D eigenvalue weighted by Crippen LogP contribution is -2.35. The number of aliphatic hydroxyl groups excluding tert-OH is 1. The highest BCUT2D eigenvalue weighted by molar-refractivity contribution is 5.06. The fraction of sp³-hybridized carbons (Fsp3) is 0.846. The van der Waals surface area contributed by atoms with Crippen LogP contribution in [-0.2, 0) is 4.74 Å². The van der Waals surface area contributed by atoms with Crippen molar-refractivity contribution < 1.29 is 9.84 Å². The number of aliphatic hydroxyl groups is 1. The predicted octanol–water partition coefficient (Wildman–Crippen LogP) is 1.47. The average Bonchev–Trinajstić information content (AvgIpc) is 2.33. The van der Waals surface area contributed by atoms with Gasteiger partial charge < -0.3 is 15.2 Å². The lowest BCUT2D eigenvalue weighted by Gasteiger charge is -2.28. The van der Waals surface area contributed by atoms with E-state index in [1.54, 1.807) is 0 Å². The molecular formula is C13H23NO2. The molecule has 0 aromatic rings. The van der Waals surface area contributed by atoms with Crippen LogP contribution < -0.4 is 5.32 Å². The van der Waals surface area contributed by atoms with E-state index in [1.807, 2.05) is 0 Å². The molecule has 3 nitrogen and oxygen atoms in total. The van der Waals surface area contributed by atoms with E-state index in [2.05, 4.69) is 11.4 Å². The Morgan fingerprint density at radius 3 is 3.00 bits per heavy atom. The van der Waals surface area contributed by atoms with E-state index in [4.69, 9.17) is 4.74 Å². The smallest absolute Gasteiger partial charge is 0.0689 e. The van der Waals surface area contributed by atoms with E-state index in [0.29, 0.717) is 5.92 Å². The molecule has 16 heavy (non-hydrogen) atoms. The Bertz CT molecular complexity index is 240. The predicted molar refractivity (Wildman–Crippen MR) is 64.4 cm³/mol. The molecule has 2 aliphatic rings. The summed E-state index contributed by atoms with van der Waals surface area (Å²) in [7, 11) is 0. The van der Waals surface area contributed by atoms with Crippen LogP contribution in [0.2, 0.25) is 0 Å². The van der Waals surface area contributed by atoms with Gasteiger partial charge >= 0.3 is 0 Å². The van der Waals surface area contributed by atoms with E-state index in [9.17, 15) is 5.11 Å². The summed E-state index contributed by atoms with van der Waals surface area (Å²) in [6, 6.07) is 0. The zero-order valence-corrected chi connectivity index (χ0v) is 9.95. The summed E-state index contributed by atoms with van der Waals surface area (Å²) >= 11 is 0. The van der Waals surface area contributed by atoms with Gasteiger partial charge in [0.25, 0.3) is 0 Å². The fourth-order valence-electron chi connectivity index (χ4n) is 2.58. The molecule has 2 N–H and O–H groups in total. The monoisotopic (exact) mass is 225 g/mol. The maximum Gasteiger partial charge on any atom is 0.0689 e. The third-order valence-electron chi connectivity index (χ3n) is 3.61. The summed E-state index contributed by atoms with van der Waals surface area (Å²) in [5.74, 6) is 0.457. The number of hydrogen-bond acceptors (Lipinski definition) is 3. The summed E-state index contributed by atoms with van der Waals surface area (Å²) in [5, 5.41) is 13.3. The highest BCUT2D eigenvalue weighted by Gasteiger charge is 2.22. The zero-order valence-electron chi connectivity index (χ0n) is 9.95. The van der Waals surface area contributed by atoms with Crippen molar-refractivity contribution in [1.82, 2.24) is 5.32 Å². The lowest BCUT2D eigenvalue weighted by atomic mass is 9.86. The van der Waals surface area contributed by atoms with Crippen molar-refractivity contribution in [2.24, 2.45) is 5.92 Å². The maximum atomic E-state index is 9.83. The van der Waals surface area contributed by atoms with Gasteiger partial charge in [-0.15, -0.1) is 0 Å². The molecule has 0 aromatic heterocycles. The first kappa shape index (κ1) is 12.1. The molecule has 3 heteroatoms. The van der Waals surface area contributed by atoms with Gasteiger partial charge in [0, 0.05) is 13.1 Å². The van der Waals surface area contributed by atoms with Gasteiger partial charge in [0.2, 0.25) is 0 Å². The van der Waals surface area contributed by atoms with Crippen LogP contribution in [0.1, 0.15) is 32.1 Å². The van der Waals surface area contributed by atoms with Crippen molar-refractivity contribution in [2.75, 3.05) is 26.3 Å². The molecule has 1 aliphatic carbocycles. The minimum Gasteiger partial charge on any atom is -0.393 e. The SMILES string of the molecule is OC1CCCCC1CNCC1=CCCOC1. The summed E-state index contributed by atoms with van der Waals surface area (Å²) in [6.45, 7) is 3.51. The lowest BCUT2D eigenvalue weighted by molar-refractivity contribution is 0.0698. The van der Waals surface area contributed by atoms with Crippen molar-refractivity contribution in [1.29, 1.82) is 0 Å². The van der Waals surface area contributed by atoms with Crippen molar-refractivity contribution in [3.63, 3.8) is 0 Å². The Morgan fingerprint density at radius 1 is 1.38 bits per heavy atom. The van der Waals surface area contributed by atoms with Crippen LogP contribution >= 0.6 is 0 Å². The molecule has 0 amide bonds. The van der Waals surface area contributed by atoms with E-state index in [0.717, 1.165) is 39.1 Å². The van der Waals surface area contributed by atoms with Crippen LogP contribution in [0.4, 0.5) is 0 Å². The quantitative estimate of drug-likeness (QED) is 0.712. The van der Waals surface area contributed by atoms with Crippen LogP contribution in [0.15, 0.2) is 11.6 Å². The topological polar surface area (TPSA) is 41.5 Å². The molecule has 0 spiro atoms. The molecule has 2 rings (SSSR count). The highest BCUT2D eigenvalue weighted by atomic mass is 16.5. The van der Waals surface area contributed by atoms with Crippen LogP contribution in [0.25, 0.3) is 0 Å². The van der Waals surface area contributed by atoms with Gasteiger partial charge in [-0.2, -0.15) is 0 Å². The first-order valence-corrected chi connectivity index (χ1v) is 6.50. The molecular weight excluding hydrogens is 202 g/mol. The molecule has 0 saturated heterocycles. The second-order valence-corrected chi connectivity index (χ2v) is 4.95. The highest BCUT2D eigenvalue weighted by Crippen LogP contribution is 2.23. The Labute approximate surface area is 97.9 Å². The summed E-state index contributed by atoms with van der Waals surface area (Å²) in [6.07, 6.45) is 7.85. The van der Waals surface area contributed by atoms with Crippen molar-refractivity contribution in [3.05, 3.63) is 11.6 Å². The van der Waals surface area contributed by atoms with Gasteiger partial charge in [-0.1, -0.05) is 18.9 Å². The van der Waals surface area contributed by atoms with Gasteiger partial charge in [-0.05, 0) is 30.8 Å². The van der Waals surface area contributed by atoms with E-state index < -0.39 is 0 Å². The van der Waals surface area contributed by atoms with E-state index in [1.165, 1.54) is 24.8 Å². The Balaban J connectivity index is 1.64. The Kier molecular flexibility index (Phi) is 4.82. The number of rotatable bonds is 4. The average molecular weight is 225 g/mol. The largest absolute Gasteiger partial charge is 0.393 e. The zero-order chi connectivity index (χ0) is 11.2. The minimum atomic E-state index is -0.0853. The second kappa shape index (κ2) is 6.38. The van der Waals surface area contributed by atoms with Crippen LogP contribution in [-0.4, -0.2) is 37.5 Å². The first-order valence-electron chi connectivity index (χ1n) is 6.50. The van der Waals surface area contributed by atoms with Crippen LogP contribution in [0, 0.1) is 5.92 Å². The van der Waals surface area contributed by atoms with Crippen molar-refractivity contribution >= 4 is 0 Å². The van der Waals surface area contributed by atoms with Crippen molar-refractivity contribution in [2.45, 2.75) is 38.2 Å². The van der Waals surface area contributed by atoms with E-state index >= 15 is 0 Å². The third-order valence-corrected chi connectivity index (χ3v) is 3.61. The molecule has 0 bridgehead atoms. The molecule has 92 valence electrons. The standard InChI is InChI=1S/C13H23NO2/c15-13-6-2-1-5-12(13)9-14-8-11-4-3-7-16-10-11/h4,12-15H,1-3,5-10H2. The first-order chi connectivity index (χ1) is 7.86. The fourth-order valence-corrected chi connectivity index (χ4v) is 2.58. The minimum absolute atomic E-state index is 0.0853. The molecule has 1 fully saturated rings. The molecule has 2 unspecified atom stereocenters. The van der Waals surface area contributed by atoms with Gasteiger partial charge in [0.05, 0.1) is 19.3 Å². The van der Waals surface area contributed by atoms with E-state index in [-0.39, 0.29) is 6.10 Å². The maximum absolute atomic E-state index is 9.83. The van der Waals surface area contributed by atoms with Gasteiger partial charge in [-0.3, -0.25) is 0 Å². The molecule has 1 heterocycles. The van der Waals surface area contributed by atoms with Gasteiger partial charge in [0.15, 0.2) is 0 Å². The Hall–Kier alpha value is -0.380. The van der Waals surface area contributed by atoms with Crippen LogP contribution in [0.3, 0.4) is 0 Å².